The van der Waals surface area contributed by atoms with Gasteiger partial charge >= 0.3 is 5.97 Å². The fourth-order valence-electron chi connectivity index (χ4n) is 4.90. The summed E-state index contributed by atoms with van der Waals surface area (Å²) in [7, 11) is -3.85. The van der Waals surface area contributed by atoms with Gasteiger partial charge in [-0.05, 0) is 67.6 Å². The molecule has 0 saturated carbocycles. The third-order valence-electron chi connectivity index (χ3n) is 6.34. The van der Waals surface area contributed by atoms with Gasteiger partial charge in [0.1, 0.15) is 11.6 Å². The Morgan fingerprint density at radius 3 is 2.71 bits per heavy atom. The monoisotopic (exact) mass is 476 g/mol. The summed E-state index contributed by atoms with van der Waals surface area (Å²) in [6.07, 6.45) is 5.03. The minimum Gasteiger partial charge on any atom is -0.478 e. The van der Waals surface area contributed by atoms with E-state index in [1.165, 1.54) is 0 Å². The van der Waals surface area contributed by atoms with Gasteiger partial charge in [0.15, 0.2) is 0 Å². The molecule has 174 valence electrons. The van der Waals surface area contributed by atoms with Gasteiger partial charge in [-0.1, -0.05) is 24.3 Å². The summed E-state index contributed by atoms with van der Waals surface area (Å²) in [5.74, 6) is -0.0687. The first-order valence-electron chi connectivity index (χ1n) is 11.0. The maximum absolute atomic E-state index is 13.1. The van der Waals surface area contributed by atoms with E-state index in [1.807, 2.05) is 6.07 Å². The molecule has 9 heteroatoms. The van der Waals surface area contributed by atoms with Gasteiger partial charge in [-0.25, -0.2) is 23.2 Å². The second-order valence-electron chi connectivity index (χ2n) is 8.70. The highest BCUT2D eigenvalue weighted by Gasteiger charge is 2.38. The predicted molar refractivity (Wildman–Crippen MR) is 129 cm³/mol. The van der Waals surface area contributed by atoms with Crippen LogP contribution in [0.15, 0.2) is 65.6 Å². The molecule has 2 heterocycles. The average molecular weight is 477 g/mol. The zero-order valence-electron chi connectivity index (χ0n) is 18.7. The molecule has 1 aliphatic carbocycles. The van der Waals surface area contributed by atoms with Crippen LogP contribution in [0.5, 0.6) is 0 Å². The van der Waals surface area contributed by atoms with Crippen molar-refractivity contribution in [1.29, 1.82) is 0 Å². The van der Waals surface area contributed by atoms with Gasteiger partial charge in [0.2, 0.25) is 0 Å². The summed E-state index contributed by atoms with van der Waals surface area (Å²) in [6, 6.07) is 13.5. The van der Waals surface area contributed by atoms with E-state index in [-0.39, 0.29) is 34.2 Å². The Hall–Kier alpha value is -3.72. The number of hydrogen-bond donors (Lipinski definition) is 3. The van der Waals surface area contributed by atoms with Crippen LogP contribution in [0.4, 0.5) is 11.5 Å². The lowest BCUT2D eigenvalue weighted by molar-refractivity contribution is 0.0696. The number of carboxylic acids is 1. The van der Waals surface area contributed by atoms with Gasteiger partial charge in [0.25, 0.3) is 10.0 Å². The first-order valence-corrected chi connectivity index (χ1v) is 12.4. The number of fused-ring (bicyclic) bond motifs is 3. The molecule has 3 unspecified atom stereocenters. The van der Waals surface area contributed by atoms with Crippen LogP contribution in [0, 0.1) is 19.8 Å². The highest BCUT2D eigenvalue weighted by Crippen LogP contribution is 2.50. The lowest BCUT2D eigenvalue weighted by Crippen LogP contribution is -2.29. The molecule has 3 aromatic rings. The number of rotatable bonds is 5. The fourth-order valence-corrected chi connectivity index (χ4v) is 5.93. The van der Waals surface area contributed by atoms with E-state index in [1.54, 1.807) is 56.3 Å². The second-order valence-corrected chi connectivity index (χ2v) is 10.4. The van der Waals surface area contributed by atoms with Crippen molar-refractivity contribution in [3.05, 3.63) is 88.9 Å². The lowest BCUT2D eigenvalue weighted by atomic mass is 9.77. The Morgan fingerprint density at radius 1 is 1.12 bits per heavy atom. The number of carboxylic acid groups (broad SMARTS) is 1. The summed E-state index contributed by atoms with van der Waals surface area (Å²) in [5.41, 5.74) is 3.57. The molecule has 3 N–H and O–H groups in total. The SMILES string of the molecule is Cc1cc(NS(=O)(=O)c2ccc3c(c2)C2C=CCC2C(c2cccc(C(=O)O)c2)N3)nc(C)n1. The summed E-state index contributed by atoms with van der Waals surface area (Å²) < 4.78 is 28.8. The van der Waals surface area contributed by atoms with Gasteiger partial charge in [0.05, 0.1) is 16.5 Å². The first kappa shape index (κ1) is 22.1. The van der Waals surface area contributed by atoms with Crippen molar-refractivity contribution in [3.63, 3.8) is 0 Å². The number of carbonyl (C=O) groups is 1. The molecule has 34 heavy (non-hydrogen) atoms. The number of hydrogen-bond acceptors (Lipinski definition) is 6. The van der Waals surface area contributed by atoms with Crippen molar-refractivity contribution >= 4 is 27.5 Å². The number of allylic oxidation sites excluding steroid dienone is 2. The van der Waals surface area contributed by atoms with Crippen LogP contribution in [0.2, 0.25) is 0 Å². The summed E-state index contributed by atoms with van der Waals surface area (Å²) in [4.78, 5) is 20.0. The molecule has 0 fully saturated rings. The van der Waals surface area contributed by atoms with Gasteiger partial charge < -0.3 is 10.4 Å². The second kappa shape index (κ2) is 8.25. The van der Waals surface area contributed by atoms with Gasteiger partial charge in [-0.3, -0.25) is 4.72 Å². The van der Waals surface area contributed by atoms with Crippen molar-refractivity contribution < 1.29 is 18.3 Å². The minimum atomic E-state index is -3.85. The highest BCUT2D eigenvalue weighted by atomic mass is 32.2. The predicted octanol–water partition coefficient (Wildman–Crippen LogP) is 4.42. The molecule has 8 nitrogen and oxygen atoms in total. The van der Waals surface area contributed by atoms with Gasteiger partial charge in [-0.15, -0.1) is 0 Å². The molecular weight excluding hydrogens is 452 g/mol. The Morgan fingerprint density at radius 2 is 1.94 bits per heavy atom. The van der Waals surface area contributed by atoms with Crippen LogP contribution in [0.1, 0.15) is 51.4 Å². The fraction of sp³-hybridized carbons (Fsp3) is 0.240. The molecule has 0 spiro atoms. The number of anilines is 2. The summed E-state index contributed by atoms with van der Waals surface area (Å²) in [5, 5.41) is 12.9. The van der Waals surface area contributed by atoms with E-state index >= 15 is 0 Å². The van der Waals surface area contributed by atoms with E-state index in [2.05, 4.69) is 32.2 Å². The van der Waals surface area contributed by atoms with Crippen LogP contribution in [0.3, 0.4) is 0 Å². The molecule has 0 saturated heterocycles. The standard InChI is InChI=1S/C25H24N4O4S/c1-14-11-23(27-15(2)26-14)29-34(32,33)18-9-10-22-21(13-18)19-7-4-8-20(19)24(28-22)16-5-3-6-17(12-16)25(30)31/h3-7,9-13,19-20,24,28H,8H2,1-2H3,(H,30,31)(H,26,27,29). The number of aromatic nitrogens is 2. The topological polar surface area (TPSA) is 121 Å². The Labute approximate surface area is 197 Å². The third kappa shape index (κ3) is 4.03. The molecule has 1 aromatic heterocycles. The van der Waals surface area contributed by atoms with Crippen molar-refractivity contribution in [2.75, 3.05) is 10.0 Å². The summed E-state index contributed by atoms with van der Waals surface area (Å²) >= 11 is 0. The number of aryl methyl sites for hydroxylation is 2. The van der Waals surface area contributed by atoms with E-state index in [4.69, 9.17) is 0 Å². The van der Waals surface area contributed by atoms with Gasteiger partial charge in [0, 0.05) is 23.4 Å². The van der Waals surface area contributed by atoms with E-state index in [0.29, 0.717) is 11.5 Å². The first-order chi connectivity index (χ1) is 16.2. The van der Waals surface area contributed by atoms with Gasteiger partial charge in [-0.2, -0.15) is 0 Å². The average Bonchev–Trinajstić information content (AvgIpc) is 3.27. The number of sulfonamides is 1. The molecule has 0 radical (unpaired) electrons. The molecule has 2 aromatic carbocycles. The van der Waals surface area contributed by atoms with Crippen LogP contribution in [0.25, 0.3) is 0 Å². The third-order valence-corrected chi connectivity index (χ3v) is 7.69. The molecule has 3 atom stereocenters. The van der Waals surface area contributed by atoms with Crippen molar-refractivity contribution in [3.8, 4) is 0 Å². The Kier molecular flexibility index (Phi) is 5.36. The molecule has 2 aliphatic rings. The van der Waals surface area contributed by atoms with Crippen LogP contribution in [-0.4, -0.2) is 29.5 Å². The molecular formula is C25H24N4O4S. The number of benzene rings is 2. The minimum absolute atomic E-state index is 0.0217. The quantitative estimate of drug-likeness (QED) is 0.466. The van der Waals surface area contributed by atoms with Crippen molar-refractivity contribution in [1.82, 2.24) is 9.97 Å². The normalized spacial score (nSPS) is 20.8. The maximum atomic E-state index is 13.1. The number of nitrogens with one attached hydrogen (secondary N) is 2. The zero-order valence-corrected chi connectivity index (χ0v) is 19.5. The Bertz CT molecular complexity index is 1410. The van der Waals surface area contributed by atoms with E-state index in [0.717, 1.165) is 23.2 Å². The van der Waals surface area contributed by atoms with Crippen LogP contribution >= 0.6 is 0 Å². The smallest absolute Gasteiger partial charge is 0.335 e. The molecule has 0 bridgehead atoms. The molecule has 1 aliphatic heterocycles. The molecule has 5 rings (SSSR count). The number of nitrogens with zero attached hydrogens (tertiary/aromatic N) is 2. The highest BCUT2D eigenvalue weighted by molar-refractivity contribution is 7.92. The van der Waals surface area contributed by atoms with Crippen LogP contribution < -0.4 is 10.0 Å². The van der Waals surface area contributed by atoms with Crippen molar-refractivity contribution in [2.45, 2.75) is 37.1 Å². The number of aromatic carboxylic acids is 1. The lowest BCUT2D eigenvalue weighted by Gasteiger charge is -2.37. The largest absolute Gasteiger partial charge is 0.478 e. The maximum Gasteiger partial charge on any atom is 0.335 e. The summed E-state index contributed by atoms with van der Waals surface area (Å²) in [6.45, 7) is 3.50. The van der Waals surface area contributed by atoms with E-state index < -0.39 is 16.0 Å². The van der Waals surface area contributed by atoms with Crippen LogP contribution in [-0.2, 0) is 10.0 Å². The Balaban J connectivity index is 1.49. The van der Waals surface area contributed by atoms with E-state index in [9.17, 15) is 18.3 Å². The zero-order chi connectivity index (χ0) is 24.0. The molecule has 0 amide bonds. The van der Waals surface area contributed by atoms with Crippen molar-refractivity contribution in [2.24, 2.45) is 5.92 Å².